The zero-order valence-electron chi connectivity index (χ0n) is 10.6. The average molecular weight is 301 g/mol. The molecule has 1 aromatic carbocycles. The molecule has 0 fully saturated rings. The van der Waals surface area contributed by atoms with Gasteiger partial charge in [0.1, 0.15) is 16.7 Å². The third kappa shape index (κ3) is 2.94. The summed E-state index contributed by atoms with van der Waals surface area (Å²) in [5.74, 6) is 1.83. The van der Waals surface area contributed by atoms with Gasteiger partial charge in [-0.1, -0.05) is 30.3 Å². The van der Waals surface area contributed by atoms with E-state index in [9.17, 15) is 0 Å². The number of hydrogen-bond acceptors (Lipinski definition) is 7. The van der Waals surface area contributed by atoms with Crippen molar-refractivity contribution in [2.75, 3.05) is 5.73 Å². The molecule has 3 aromatic rings. The predicted molar refractivity (Wildman–Crippen MR) is 80.6 cm³/mol. The Hall–Kier alpha value is -1.99. The monoisotopic (exact) mass is 301 g/mol. The molecular formula is C13H11N5S2. The molecule has 7 heteroatoms. The molecule has 2 N–H and O–H groups in total. The number of nitrogen functional groups attached to an aromatic ring is 1. The van der Waals surface area contributed by atoms with Crippen LogP contribution in [-0.4, -0.2) is 19.3 Å². The van der Waals surface area contributed by atoms with Crippen LogP contribution in [0.4, 0.5) is 5.82 Å². The third-order valence-electron chi connectivity index (χ3n) is 2.46. The van der Waals surface area contributed by atoms with E-state index in [0.717, 1.165) is 20.8 Å². The van der Waals surface area contributed by atoms with Gasteiger partial charge in [0.05, 0.1) is 0 Å². The maximum Gasteiger partial charge on any atom is 0.176 e. The largest absolute Gasteiger partial charge is 0.384 e. The van der Waals surface area contributed by atoms with Gasteiger partial charge in [0.15, 0.2) is 10.2 Å². The molecule has 20 heavy (non-hydrogen) atoms. The van der Waals surface area contributed by atoms with Crippen molar-refractivity contribution in [2.45, 2.75) is 16.3 Å². The lowest BCUT2D eigenvalue weighted by Crippen LogP contribution is -1.97. The van der Waals surface area contributed by atoms with Crippen molar-refractivity contribution in [1.82, 2.24) is 19.3 Å². The molecule has 0 bridgehead atoms. The molecule has 0 aliphatic heterocycles. The maximum absolute atomic E-state index is 5.86. The smallest absolute Gasteiger partial charge is 0.176 e. The highest BCUT2D eigenvalue weighted by Gasteiger charge is 2.09. The summed E-state index contributed by atoms with van der Waals surface area (Å²) in [7, 11) is 0. The quantitative estimate of drug-likeness (QED) is 0.749. The van der Waals surface area contributed by atoms with Gasteiger partial charge >= 0.3 is 0 Å². The fourth-order valence-electron chi connectivity index (χ4n) is 1.62. The van der Waals surface area contributed by atoms with E-state index >= 15 is 0 Å². The van der Waals surface area contributed by atoms with Crippen molar-refractivity contribution in [2.24, 2.45) is 0 Å². The minimum Gasteiger partial charge on any atom is -0.384 e. The minimum absolute atomic E-state index is 0.447. The Kier molecular flexibility index (Phi) is 3.62. The molecule has 0 atom stereocenters. The Labute approximate surface area is 124 Å². The molecule has 3 rings (SSSR count). The van der Waals surface area contributed by atoms with Crippen LogP contribution >= 0.6 is 23.3 Å². The van der Waals surface area contributed by atoms with Crippen LogP contribution in [-0.2, 0) is 0 Å². The molecule has 0 saturated carbocycles. The molecular weight excluding hydrogens is 290 g/mol. The molecule has 0 saturated heterocycles. The van der Waals surface area contributed by atoms with Crippen LogP contribution < -0.4 is 5.73 Å². The van der Waals surface area contributed by atoms with E-state index in [2.05, 4.69) is 19.3 Å². The van der Waals surface area contributed by atoms with Gasteiger partial charge in [0.25, 0.3) is 0 Å². The number of aromatic nitrogens is 4. The van der Waals surface area contributed by atoms with Crippen LogP contribution in [0.15, 0.2) is 45.8 Å². The first-order valence-electron chi connectivity index (χ1n) is 5.89. The van der Waals surface area contributed by atoms with Gasteiger partial charge in [-0.2, -0.15) is 4.37 Å². The Bertz CT molecular complexity index is 727. The van der Waals surface area contributed by atoms with Gasteiger partial charge in [-0.3, -0.25) is 0 Å². The topological polar surface area (TPSA) is 77.6 Å². The highest BCUT2D eigenvalue weighted by atomic mass is 32.2. The molecule has 5 nitrogen and oxygen atoms in total. The maximum atomic E-state index is 5.86. The van der Waals surface area contributed by atoms with Crippen LogP contribution in [0.3, 0.4) is 0 Å². The zero-order chi connectivity index (χ0) is 13.9. The molecule has 0 radical (unpaired) electrons. The molecule has 2 aromatic heterocycles. The molecule has 0 spiro atoms. The fraction of sp³-hybridized carbons (Fsp3) is 0.0769. The summed E-state index contributed by atoms with van der Waals surface area (Å²) in [5.41, 5.74) is 6.80. The van der Waals surface area contributed by atoms with Crippen LogP contribution in [0.5, 0.6) is 0 Å². The molecule has 0 amide bonds. The summed E-state index contributed by atoms with van der Waals surface area (Å²) in [6.07, 6.45) is 0. The second kappa shape index (κ2) is 5.56. The van der Waals surface area contributed by atoms with E-state index in [0.29, 0.717) is 11.6 Å². The summed E-state index contributed by atoms with van der Waals surface area (Å²) < 4.78 is 5.00. The van der Waals surface area contributed by atoms with Gasteiger partial charge in [-0.15, -0.1) is 0 Å². The summed E-state index contributed by atoms with van der Waals surface area (Å²) in [4.78, 5) is 13.1. The Morgan fingerprint density at radius 1 is 1.10 bits per heavy atom. The Morgan fingerprint density at radius 2 is 1.90 bits per heavy atom. The number of nitrogens with two attached hydrogens (primary N) is 1. The SMILES string of the molecule is Cc1nsc(Sc2cc(N)nc(-c3ccccc3)n2)n1. The van der Waals surface area contributed by atoms with E-state index in [1.807, 2.05) is 37.3 Å². The van der Waals surface area contributed by atoms with Crippen LogP contribution in [0.1, 0.15) is 5.82 Å². The van der Waals surface area contributed by atoms with Crippen molar-refractivity contribution >= 4 is 29.1 Å². The lowest BCUT2D eigenvalue weighted by atomic mass is 10.2. The Morgan fingerprint density at radius 3 is 2.60 bits per heavy atom. The second-order valence-corrected chi connectivity index (χ2v) is 6.05. The van der Waals surface area contributed by atoms with Gasteiger partial charge < -0.3 is 5.73 Å². The molecule has 0 aliphatic rings. The molecule has 100 valence electrons. The first kappa shape index (κ1) is 13.0. The van der Waals surface area contributed by atoms with E-state index in [-0.39, 0.29) is 0 Å². The first-order chi connectivity index (χ1) is 9.70. The standard InChI is InChI=1S/C13H11N5S2/c1-8-15-13(20-18-8)19-11-7-10(14)16-12(17-11)9-5-3-2-4-6-9/h2-7H,1H3,(H2,14,16,17). The van der Waals surface area contributed by atoms with E-state index < -0.39 is 0 Å². The first-order valence-corrected chi connectivity index (χ1v) is 7.48. The fourth-order valence-corrected chi connectivity index (χ4v) is 3.23. The molecule has 0 aliphatic carbocycles. The van der Waals surface area contributed by atoms with Gasteiger partial charge in [-0.05, 0) is 30.2 Å². The molecule has 2 heterocycles. The van der Waals surface area contributed by atoms with Gasteiger partial charge in [0.2, 0.25) is 0 Å². The zero-order valence-corrected chi connectivity index (χ0v) is 12.3. The van der Waals surface area contributed by atoms with E-state index in [1.165, 1.54) is 23.3 Å². The van der Waals surface area contributed by atoms with Crippen molar-refractivity contribution in [3.8, 4) is 11.4 Å². The summed E-state index contributed by atoms with van der Waals surface area (Å²) >= 11 is 2.80. The molecule has 0 unspecified atom stereocenters. The number of aryl methyl sites for hydroxylation is 1. The van der Waals surface area contributed by atoms with E-state index in [4.69, 9.17) is 5.73 Å². The number of nitrogens with zero attached hydrogens (tertiary/aromatic N) is 4. The summed E-state index contributed by atoms with van der Waals surface area (Å²) in [5, 5.41) is 0.771. The minimum atomic E-state index is 0.447. The highest BCUT2D eigenvalue weighted by Crippen LogP contribution is 2.29. The van der Waals surface area contributed by atoms with Crippen LogP contribution in [0.2, 0.25) is 0 Å². The third-order valence-corrected chi connectivity index (χ3v) is 4.22. The van der Waals surface area contributed by atoms with Crippen molar-refractivity contribution < 1.29 is 0 Å². The average Bonchev–Trinajstić information content (AvgIpc) is 2.84. The Balaban J connectivity index is 1.94. The number of anilines is 1. The normalized spacial score (nSPS) is 10.7. The summed E-state index contributed by atoms with van der Waals surface area (Å²) in [6, 6.07) is 11.5. The van der Waals surface area contributed by atoms with Crippen LogP contribution in [0.25, 0.3) is 11.4 Å². The lowest BCUT2D eigenvalue weighted by Gasteiger charge is -2.04. The predicted octanol–water partition coefficient (Wildman–Crippen LogP) is 3.04. The second-order valence-electron chi connectivity index (χ2n) is 4.03. The van der Waals surface area contributed by atoms with Crippen molar-refractivity contribution in [1.29, 1.82) is 0 Å². The van der Waals surface area contributed by atoms with Crippen molar-refractivity contribution in [3.05, 3.63) is 42.2 Å². The lowest BCUT2D eigenvalue weighted by molar-refractivity contribution is 1.05. The number of benzene rings is 1. The van der Waals surface area contributed by atoms with Gasteiger partial charge in [0, 0.05) is 11.6 Å². The van der Waals surface area contributed by atoms with E-state index in [1.54, 1.807) is 6.07 Å². The number of hydrogen-bond donors (Lipinski definition) is 1. The summed E-state index contributed by atoms with van der Waals surface area (Å²) in [6.45, 7) is 1.87. The highest BCUT2D eigenvalue weighted by molar-refractivity contribution is 8.00. The van der Waals surface area contributed by atoms with Crippen LogP contribution in [0, 0.1) is 6.92 Å². The van der Waals surface area contributed by atoms with Gasteiger partial charge in [-0.25, -0.2) is 15.0 Å². The number of rotatable bonds is 3. The van der Waals surface area contributed by atoms with Crippen molar-refractivity contribution in [3.63, 3.8) is 0 Å².